The van der Waals surface area contributed by atoms with E-state index >= 15 is 0 Å². The molecular weight excluding hydrogens is 256 g/mol. The third-order valence-corrected chi connectivity index (χ3v) is 4.95. The molecule has 0 unspecified atom stereocenters. The van der Waals surface area contributed by atoms with Gasteiger partial charge in [0.1, 0.15) is 0 Å². The SMILES string of the molecule is BrC1(Br)CC2CCC1CC2. The van der Waals surface area contributed by atoms with Crippen LogP contribution in [0.15, 0.2) is 0 Å². The second kappa shape index (κ2) is 2.48. The van der Waals surface area contributed by atoms with Gasteiger partial charge in [0.15, 0.2) is 0 Å². The third kappa shape index (κ3) is 1.18. The molecule has 3 saturated carbocycles. The zero-order valence-electron chi connectivity index (χ0n) is 5.95. The van der Waals surface area contributed by atoms with E-state index in [2.05, 4.69) is 31.9 Å². The van der Waals surface area contributed by atoms with Crippen molar-refractivity contribution in [3.8, 4) is 0 Å². The molecule has 0 nitrogen and oxygen atoms in total. The highest BCUT2D eigenvalue weighted by Crippen LogP contribution is 2.54. The number of halogens is 2. The molecule has 2 bridgehead atoms. The van der Waals surface area contributed by atoms with Crippen molar-refractivity contribution in [2.75, 3.05) is 0 Å². The first-order valence-corrected chi connectivity index (χ1v) is 5.65. The Kier molecular flexibility index (Phi) is 1.88. The fourth-order valence-electron chi connectivity index (χ4n) is 2.34. The molecule has 0 aromatic carbocycles. The van der Waals surface area contributed by atoms with E-state index in [1.165, 1.54) is 32.1 Å². The van der Waals surface area contributed by atoms with Crippen molar-refractivity contribution in [3.05, 3.63) is 0 Å². The molecule has 0 radical (unpaired) electrons. The summed E-state index contributed by atoms with van der Waals surface area (Å²) in [4.78, 5) is 0. The quantitative estimate of drug-likeness (QED) is 0.588. The Morgan fingerprint density at radius 3 is 1.80 bits per heavy atom. The van der Waals surface area contributed by atoms with Gasteiger partial charge < -0.3 is 0 Å². The van der Waals surface area contributed by atoms with Crippen molar-refractivity contribution < 1.29 is 0 Å². The summed E-state index contributed by atoms with van der Waals surface area (Å²) in [6, 6.07) is 0. The van der Waals surface area contributed by atoms with Gasteiger partial charge in [0.05, 0.1) is 3.23 Å². The van der Waals surface area contributed by atoms with Gasteiger partial charge >= 0.3 is 0 Å². The maximum absolute atomic E-state index is 3.77. The summed E-state index contributed by atoms with van der Waals surface area (Å²) in [7, 11) is 0. The van der Waals surface area contributed by atoms with Gasteiger partial charge in [-0.05, 0) is 31.1 Å². The molecule has 0 N–H and O–H groups in total. The molecule has 0 saturated heterocycles. The molecule has 0 heterocycles. The summed E-state index contributed by atoms with van der Waals surface area (Å²) in [6.45, 7) is 0. The molecule has 0 aromatic rings. The van der Waals surface area contributed by atoms with E-state index in [9.17, 15) is 0 Å². The zero-order chi connectivity index (χ0) is 7.19. The van der Waals surface area contributed by atoms with Crippen LogP contribution in [0.5, 0.6) is 0 Å². The van der Waals surface area contributed by atoms with Crippen molar-refractivity contribution in [1.82, 2.24) is 0 Å². The molecule has 0 aromatic heterocycles. The number of fused-ring (bicyclic) bond motifs is 3. The van der Waals surface area contributed by atoms with Crippen LogP contribution in [0.3, 0.4) is 0 Å². The van der Waals surface area contributed by atoms with Gasteiger partial charge in [-0.15, -0.1) is 0 Å². The van der Waals surface area contributed by atoms with Crippen LogP contribution in [0.2, 0.25) is 0 Å². The summed E-state index contributed by atoms with van der Waals surface area (Å²) in [5, 5.41) is 0. The number of hydrogen-bond donors (Lipinski definition) is 0. The predicted octanol–water partition coefficient (Wildman–Crippen LogP) is 3.68. The van der Waals surface area contributed by atoms with Crippen LogP contribution < -0.4 is 0 Å². The van der Waals surface area contributed by atoms with E-state index in [0.717, 1.165) is 11.8 Å². The van der Waals surface area contributed by atoms with Gasteiger partial charge in [-0.25, -0.2) is 0 Å². The van der Waals surface area contributed by atoms with E-state index in [0.29, 0.717) is 3.23 Å². The van der Waals surface area contributed by atoms with Gasteiger partial charge in [-0.1, -0.05) is 44.7 Å². The van der Waals surface area contributed by atoms with Crippen molar-refractivity contribution in [2.45, 2.75) is 35.3 Å². The van der Waals surface area contributed by atoms with E-state index in [4.69, 9.17) is 0 Å². The van der Waals surface area contributed by atoms with Crippen LogP contribution in [0.25, 0.3) is 0 Å². The second-order valence-electron chi connectivity index (χ2n) is 3.68. The molecule has 3 rings (SSSR count). The maximum Gasteiger partial charge on any atom is 0.0836 e. The Morgan fingerprint density at radius 2 is 1.60 bits per heavy atom. The lowest BCUT2D eigenvalue weighted by Crippen LogP contribution is -2.38. The van der Waals surface area contributed by atoms with Crippen LogP contribution in [-0.4, -0.2) is 3.23 Å². The van der Waals surface area contributed by atoms with Crippen LogP contribution >= 0.6 is 31.9 Å². The Bertz CT molecular complexity index is 134. The first-order valence-electron chi connectivity index (χ1n) is 4.06. The van der Waals surface area contributed by atoms with Crippen LogP contribution in [-0.2, 0) is 0 Å². The summed E-state index contributed by atoms with van der Waals surface area (Å²) in [5.41, 5.74) is 0. The average molecular weight is 268 g/mol. The van der Waals surface area contributed by atoms with E-state index in [1.807, 2.05) is 0 Å². The second-order valence-corrected chi connectivity index (χ2v) is 7.58. The van der Waals surface area contributed by atoms with Crippen LogP contribution in [0.1, 0.15) is 32.1 Å². The first-order chi connectivity index (χ1) is 4.68. The Balaban J connectivity index is 2.15. The molecule has 2 heteroatoms. The zero-order valence-corrected chi connectivity index (χ0v) is 9.12. The molecule has 10 heavy (non-hydrogen) atoms. The minimum absolute atomic E-state index is 0.321. The predicted molar refractivity (Wildman–Crippen MR) is 50.7 cm³/mol. The highest BCUT2D eigenvalue weighted by atomic mass is 79.9. The molecule has 58 valence electrons. The number of hydrogen-bond acceptors (Lipinski definition) is 0. The minimum atomic E-state index is 0.321. The maximum atomic E-state index is 3.77. The summed E-state index contributed by atoms with van der Waals surface area (Å²) < 4.78 is 0.321. The highest BCUT2D eigenvalue weighted by molar-refractivity contribution is 9.25. The largest absolute Gasteiger partial charge is 0.0836 e. The van der Waals surface area contributed by atoms with Crippen LogP contribution in [0, 0.1) is 11.8 Å². The van der Waals surface area contributed by atoms with Gasteiger partial charge in [-0.2, -0.15) is 0 Å². The molecular formula is C8H12Br2. The molecule has 0 aliphatic heterocycles. The van der Waals surface area contributed by atoms with Crippen molar-refractivity contribution in [3.63, 3.8) is 0 Å². The standard InChI is InChI=1S/C8H12Br2/c9-8(10)5-6-1-3-7(8)4-2-6/h6-7H,1-5H2. The fraction of sp³-hybridized carbons (Fsp3) is 1.00. The fourth-order valence-corrected chi connectivity index (χ4v) is 4.17. The average Bonchev–Trinajstić information content (AvgIpc) is 1.87. The number of alkyl halides is 2. The monoisotopic (exact) mass is 266 g/mol. The third-order valence-electron chi connectivity index (χ3n) is 3.00. The van der Waals surface area contributed by atoms with Crippen molar-refractivity contribution in [2.24, 2.45) is 11.8 Å². The molecule has 3 aliphatic carbocycles. The Morgan fingerprint density at radius 1 is 1.00 bits per heavy atom. The summed E-state index contributed by atoms with van der Waals surface area (Å²) in [5.74, 6) is 1.90. The first kappa shape index (κ1) is 7.60. The molecule has 3 fully saturated rings. The van der Waals surface area contributed by atoms with E-state index in [-0.39, 0.29) is 0 Å². The lowest BCUT2D eigenvalue weighted by molar-refractivity contribution is 0.176. The van der Waals surface area contributed by atoms with Gasteiger partial charge in [-0.3, -0.25) is 0 Å². The smallest absolute Gasteiger partial charge is 0.0724 e. The van der Waals surface area contributed by atoms with Gasteiger partial charge in [0, 0.05) is 0 Å². The summed E-state index contributed by atoms with van der Waals surface area (Å²) >= 11 is 7.53. The lowest BCUT2D eigenvalue weighted by atomic mass is 9.71. The molecule has 0 amide bonds. The molecule has 0 spiro atoms. The Hall–Kier alpha value is 0.960. The Labute approximate surface area is 79.0 Å². The lowest BCUT2D eigenvalue weighted by Gasteiger charge is -2.45. The van der Waals surface area contributed by atoms with Gasteiger partial charge in [0.25, 0.3) is 0 Å². The van der Waals surface area contributed by atoms with Crippen molar-refractivity contribution >= 4 is 31.9 Å². The van der Waals surface area contributed by atoms with Gasteiger partial charge in [0.2, 0.25) is 0 Å². The van der Waals surface area contributed by atoms with E-state index < -0.39 is 0 Å². The minimum Gasteiger partial charge on any atom is -0.0724 e. The van der Waals surface area contributed by atoms with Crippen molar-refractivity contribution in [1.29, 1.82) is 0 Å². The number of rotatable bonds is 0. The topological polar surface area (TPSA) is 0 Å². The van der Waals surface area contributed by atoms with E-state index in [1.54, 1.807) is 0 Å². The molecule has 3 aliphatic rings. The van der Waals surface area contributed by atoms with Crippen LogP contribution in [0.4, 0.5) is 0 Å². The summed E-state index contributed by atoms with van der Waals surface area (Å²) in [6.07, 6.45) is 7.16. The highest BCUT2D eigenvalue weighted by Gasteiger charge is 2.43. The normalized spacial score (nSPS) is 43.8. The molecule has 0 atom stereocenters.